The molecule has 80 valence electrons. The summed E-state index contributed by atoms with van der Waals surface area (Å²) in [7, 11) is 0. The Balaban J connectivity index is 2.35. The zero-order chi connectivity index (χ0) is 11.0. The van der Waals surface area contributed by atoms with Gasteiger partial charge in [-0.25, -0.2) is 0 Å². The van der Waals surface area contributed by atoms with Gasteiger partial charge >= 0.3 is 0 Å². The third-order valence-corrected chi connectivity index (χ3v) is 4.92. The topological polar surface area (TPSA) is 20.2 Å². The molecule has 0 amide bonds. The van der Waals surface area contributed by atoms with Gasteiger partial charge in [-0.15, -0.1) is 22.7 Å². The van der Waals surface area contributed by atoms with Crippen LogP contribution in [0, 0.1) is 0 Å². The highest BCUT2D eigenvalue weighted by molar-refractivity contribution is 9.11. The van der Waals surface area contributed by atoms with Crippen LogP contribution in [0.5, 0.6) is 0 Å². The van der Waals surface area contributed by atoms with Gasteiger partial charge in [0.05, 0.1) is 8.12 Å². The molecule has 15 heavy (non-hydrogen) atoms. The fourth-order valence-electron chi connectivity index (χ4n) is 1.19. The van der Waals surface area contributed by atoms with Crippen molar-refractivity contribution in [2.45, 2.75) is 6.10 Å². The van der Waals surface area contributed by atoms with Crippen molar-refractivity contribution in [1.29, 1.82) is 0 Å². The molecular formula is C9H5BrCl2OS2. The number of halogens is 3. The molecule has 0 aliphatic heterocycles. The maximum atomic E-state index is 10.0. The molecule has 0 saturated heterocycles. The second-order valence-electron chi connectivity index (χ2n) is 2.87. The summed E-state index contributed by atoms with van der Waals surface area (Å²) < 4.78 is 2.10. The molecule has 0 aliphatic carbocycles. The van der Waals surface area contributed by atoms with Gasteiger partial charge in [-0.05, 0) is 39.0 Å². The van der Waals surface area contributed by atoms with Crippen molar-refractivity contribution in [1.82, 2.24) is 0 Å². The lowest BCUT2D eigenvalue weighted by atomic mass is 10.1. The van der Waals surface area contributed by atoms with Crippen LogP contribution in [0.15, 0.2) is 21.3 Å². The number of rotatable bonds is 2. The van der Waals surface area contributed by atoms with Gasteiger partial charge in [0.25, 0.3) is 0 Å². The fraction of sp³-hybridized carbons (Fsp3) is 0.111. The summed E-state index contributed by atoms with van der Waals surface area (Å²) in [6, 6.07) is 3.57. The molecule has 1 unspecified atom stereocenters. The summed E-state index contributed by atoms with van der Waals surface area (Å²) in [6.07, 6.45) is -0.705. The van der Waals surface area contributed by atoms with E-state index in [0.29, 0.717) is 14.2 Å². The van der Waals surface area contributed by atoms with E-state index in [1.54, 1.807) is 6.07 Å². The zero-order valence-corrected chi connectivity index (χ0v) is 11.9. The summed E-state index contributed by atoms with van der Waals surface area (Å²) in [5.41, 5.74) is 1.49. The highest BCUT2D eigenvalue weighted by atomic mass is 79.9. The molecule has 0 saturated carbocycles. The van der Waals surface area contributed by atoms with Gasteiger partial charge in [0.15, 0.2) is 0 Å². The third-order valence-electron chi connectivity index (χ3n) is 1.88. The van der Waals surface area contributed by atoms with Crippen molar-refractivity contribution in [3.63, 3.8) is 0 Å². The molecule has 0 aliphatic rings. The van der Waals surface area contributed by atoms with E-state index in [-0.39, 0.29) is 0 Å². The Morgan fingerprint density at radius 3 is 2.53 bits per heavy atom. The standard InChI is InChI=1S/C9H5BrCl2OS2/c10-6-1-4(3-14-6)8(13)5-2-7(11)15-9(5)12/h1-3,8,13H. The SMILES string of the molecule is OC(c1csc(Br)c1)c1cc(Cl)sc1Cl. The lowest BCUT2D eigenvalue weighted by molar-refractivity contribution is 0.221. The minimum Gasteiger partial charge on any atom is -0.384 e. The van der Waals surface area contributed by atoms with Crippen molar-refractivity contribution in [2.24, 2.45) is 0 Å². The largest absolute Gasteiger partial charge is 0.384 e. The summed E-state index contributed by atoms with van der Waals surface area (Å²) in [4.78, 5) is 0. The van der Waals surface area contributed by atoms with Crippen LogP contribution in [0.4, 0.5) is 0 Å². The minimum absolute atomic E-state index is 0.537. The lowest BCUT2D eigenvalue weighted by Gasteiger charge is -2.06. The molecule has 1 N–H and O–H groups in total. The molecule has 0 radical (unpaired) electrons. The average Bonchev–Trinajstić information content (AvgIpc) is 2.71. The van der Waals surface area contributed by atoms with Crippen LogP contribution in [0.3, 0.4) is 0 Å². The molecule has 0 bridgehead atoms. The first-order valence-corrected chi connectivity index (χ1v) is 7.19. The van der Waals surface area contributed by atoms with E-state index < -0.39 is 6.10 Å². The van der Waals surface area contributed by atoms with Crippen molar-refractivity contribution in [3.8, 4) is 0 Å². The average molecular weight is 344 g/mol. The van der Waals surface area contributed by atoms with E-state index in [9.17, 15) is 5.11 Å². The maximum Gasteiger partial charge on any atom is 0.107 e. The number of aliphatic hydroxyl groups is 1. The monoisotopic (exact) mass is 342 g/mol. The molecule has 2 aromatic heterocycles. The molecule has 0 spiro atoms. The normalized spacial score (nSPS) is 13.1. The second-order valence-corrected chi connectivity index (χ2v) is 7.44. The van der Waals surface area contributed by atoms with Crippen molar-refractivity contribution in [2.75, 3.05) is 0 Å². The smallest absolute Gasteiger partial charge is 0.107 e. The van der Waals surface area contributed by atoms with Crippen LogP contribution >= 0.6 is 61.8 Å². The van der Waals surface area contributed by atoms with E-state index in [1.165, 1.54) is 22.7 Å². The molecule has 0 fully saturated rings. The molecule has 0 aromatic carbocycles. The second kappa shape index (κ2) is 4.73. The molecule has 1 atom stereocenters. The molecule has 6 heteroatoms. The van der Waals surface area contributed by atoms with Crippen molar-refractivity contribution >= 4 is 61.8 Å². The number of aliphatic hydroxyl groups excluding tert-OH is 1. The van der Waals surface area contributed by atoms with Crippen LogP contribution < -0.4 is 0 Å². The number of thiophene rings is 2. The van der Waals surface area contributed by atoms with Gasteiger partial charge in [0.1, 0.15) is 10.4 Å². The van der Waals surface area contributed by atoms with Gasteiger partial charge in [-0.2, -0.15) is 0 Å². The van der Waals surface area contributed by atoms with Crippen molar-refractivity contribution < 1.29 is 5.11 Å². The summed E-state index contributed by atoms with van der Waals surface area (Å²) in [6.45, 7) is 0. The Kier molecular flexibility index (Phi) is 3.75. The van der Waals surface area contributed by atoms with Gasteiger partial charge in [0, 0.05) is 5.56 Å². The van der Waals surface area contributed by atoms with E-state index in [2.05, 4.69) is 15.9 Å². The van der Waals surface area contributed by atoms with Gasteiger partial charge in [0.2, 0.25) is 0 Å². The van der Waals surface area contributed by atoms with E-state index in [1.807, 2.05) is 11.4 Å². The molecule has 2 heterocycles. The maximum absolute atomic E-state index is 10.0. The highest BCUT2D eigenvalue weighted by Gasteiger charge is 2.17. The third kappa shape index (κ3) is 2.57. The summed E-state index contributed by atoms with van der Waals surface area (Å²) in [5.74, 6) is 0. The number of hydrogen-bond acceptors (Lipinski definition) is 3. The van der Waals surface area contributed by atoms with Crippen LogP contribution in [-0.2, 0) is 0 Å². The lowest BCUT2D eigenvalue weighted by Crippen LogP contribution is -1.96. The molecule has 1 nitrogen and oxygen atoms in total. The first-order valence-electron chi connectivity index (χ1n) is 3.94. The molecule has 2 rings (SSSR count). The van der Waals surface area contributed by atoms with Gasteiger partial charge < -0.3 is 5.11 Å². The van der Waals surface area contributed by atoms with Crippen molar-refractivity contribution in [3.05, 3.63) is 41.1 Å². The van der Waals surface area contributed by atoms with Crippen LogP contribution in [-0.4, -0.2) is 5.11 Å². The Morgan fingerprint density at radius 1 is 1.33 bits per heavy atom. The van der Waals surface area contributed by atoms with E-state index in [4.69, 9.17) is 23.2 Å². The van der Waals surface area contributed by atoms with Crippen LogP contribution in [0.2, 0.25) is 8.67 Å². The summed E-state index contributed by atoms with van der Waals surface area (Å²) in [5, 5.41) is 11.9. The van der Waals surface area contributed by atoms with E-state index >= 15 is 0 Å². The Hall–Kier alpha value is 0.420. The number of hydrogen-bond donors (Lipinski definition) is 1. The Bertz CT molecular complexity index is 480. The van der Waals surface area contributed by atoms with E-state index in [0.717, 1.165) is 9.35 Å². The first kappa shape index (κ1) is 11.9. The Labute approximate surface area is 113 Å². The predicted molar refractivity (Wildman–Crippen MR) is 70.4 cm³/mol. The summed E-state index contributed by atoms with van der Waals surface area (Å²) >= 11 is 17.9. The van der Waals surface area contributed by atoms with Gasteiger partial charge in [-0.3, -0.25) is 0 Å². The van der Waals surface area contributed by atoms with Crippen LogP contribution in [0.1, 0.15) is 17.2 Å². The fourth-order valence-corrected chi connectivity index (χ4v) is 3.90. The Morgan fingerprint density at radius 2 is 2.07 bits per heavy atom. The predicted octanol–water partition coefficient (Wildman–Crippen LogP) is 4.96. The minimum atomic E-state index is -0.705. The first-order chi connectivity index (χ1) is 7.08. The zero-order valence-electron chi connectivity index (χ0n) is 7.21. The highest BCUT2D eigenvalue weighted by Crippen LogP contribution is 2.38. The van der Waals surface area contributed by atoms with Gasteiger partial charge in [-0.1, -0.05) is 23.2 Å². The molecule has 2 aromatic rings. The molecular weight excluding hydrogens is 339 g/mol. The van der Waals surface area contributed by atoms with Crippen LogP contribution in [0.25, 0.3) is 0 Å². The quantitative estimate of drug-likeness (QED) is 0.816.